The van der Waals surface area contributed by atoms with E-state index in [-0.39, 0.29) is 0 Å². The Morgan fingerprint density at radius 1 is 0.857 bits per heavy atom. The van der Waals surface area contributed by atoms with Gasteiger partial charge in [0.1, 0.15) is 0 Å². The van der Waals surface area contributed by atoms with Gasteiger partial charge >= 0.3 is 0 Å². The van der Waals surface area contributed by atoms with Crippen molar-refractivity contribution in [3.05, 3.63) is 60.2 Å². The lowest BCUT2D eigenvalue weighted by Gasteiger charge is -2.13. The minimum atomic E-state index is 0.433. The third-order valence-electron chi connectivity index (χ3n) is 3.25. The number of nitrogens with one attached hydrogen (secondary N) is 1. The predicted molar refractivity (Wildman–Crippen MR) is 96.4 cm³/mol. The quantitative estimate of drug-likeness (QED) is 0.528. The molecule has 0 aromatic heterocycles. The van der Waals surface area contributed by atoms with Crippen molar-refractivity contribution in [1.29, 1.82) is 0 Å². The van der Waals surface area contributed by atoms with Crippen LogP contribution in [0.25, 0.3) is 0 Å². The van der Waals surface area contributed by atoms with Gasteiger partial charge < -0.3 is 5.32 Å². The average molecular weight is 318 g/mol. The van der Waals surface area contributed by atoms with E-state index in [2.05, 4.69) is 73.8 Å². The summed E-state index contributed by atoms with van der Waals surface area (Å²) in [6.45, 7) is 5.36. The Kier molecular flexibility index (Phi) is 7.20. The van der Waals surface area contributed by atoms with Crippen LogP contribution in [0.2, 0.25) is 0 Å². The fraction of sp³-hybridized carbons (Fsp3) is 0.333. The highest BCUT2D eigenvalue weighted by Gasteiger charge is 2.03. The molecule has 112 valence electrons. The van der Waals surface area contributed by atoms with Crippen molar-refractivity contribution < 1.29 is 0 Å². The summed E-state index contributed by atoms with van der Waals surface area (Å²) < 4.78 is 0. The van der Waals surface area contributed by atoms with Crippen LogP contribution in [0.3, 0.4) is 0 Å². The Bertz CT molecular complexity index is 511. The number of hydrogen-bond donors (Lipinski definition) is 1. The van der Waals surface area contributed by atoms with Crippen molar-refractivity contribution in [3.8, 4) is 0 Å². The van der Waals surface area contributed by atoms with Crippen LogP contribution in [0.1, 0.15) is 25.5 Å². The average Bonchev–Trinajstić information content (AvgIpc) is 2.53. The van der Waals surface area contributed by atoms with Gasteiger partial charge in [-0.15, -0.1) is 23.5 Å². The maximum Gasteiger partial charge on any atom is 0.0291 e. The van der Waals surface area contributed by atoms with E-state index in [1.807, 2.05) is 23.5 Å². The highest BCUT2D eigenvalue weighted by Crippen LogP contribution is 2.24. The first kappa shape index (κ1) is 16.5. The van der Waals surface area contributed by atoms with Crippen LogP contribution in [0.5, 0.6) is 0 Å². The predicted octanol–water partition coefficient (Wildman–Crippen LogP) is 5.24. The maximum absolute atomic E-state index is 3.44. The van der Waals surface area contributed by atoms with Crippen LogP contribution < -0.4 is 5.32 Å². The second-order valence-corrected chi connectivity index (χ2v) is 7.20. The van der Waals surface area contributed by atoms with Crippen LogP contribution in [0.4, 0.5) is 0 Å². The normalized spacial score (nSPS) is 12.3. The van der Waals surface area contributed by atoms with Gasteiger partial charge in [0.2, 0.25) is 0 Å². The molecule has 2 rings (SSSR count). The standard InChI is InChI=1S/C18H23NS2/c1-3-19-15(2)16-9-11-18(12-10-16)21-14-13-20-17-7-5-4-6-8-17/h4-12,15,19H,3,13-14H2,1-2H3. The number of rotatable bonds is 8. The molecule has 0 aliphatic heterocycles. The van der Waals surface area contributed by atoms with Crippen LogP contribution in [0.15, 0.2) is 64.4 Å². The van der Waals surface area contributed by atoms with Crippen molar-refractivity contribution in [2.24, 2.45) is 0 Å². The van der Waals surface area contributed by atoms with E-state index >= 15 is 0 Å². The van der Waals surface area contributed by atoms with E-state index < -0.39 is 0 Å². The van der Waals surface area contributed by atoms with Gasteiger partial charge in [-0.05, 0) is 43.3 Å². The maximum atomic E-state index is 3.44. The molecule has 21 heavy (non-hydrogen) atoms. The molecular formula is C18H23NS2. The second-order valence-electron chi connectivity index (χ2n) is 4.86. The van der Waals surface area contributed by atoms with E-state index in [9.17, 15) is 0 Å². The molecule has 0 amide bonds. The summed E-state index contributed by atoms with van der Waals surface area (Å²) >= 11 is 3.86. The van der Waals surface area contributed by atoms with Gasteiger partial charge in [0, 0.05) is 27.3 Å². The van der Waals surface area contributed by atoms with Crippen molar-refractivity contribution in [2.75, 3.05) is 18.1 Å². The van der Waals surface area contributed by atoms with E-state index in [4.69, 9.17) is 0 Å². The van der Waals surface area contributed by atoms with E-state index in [0.717, 1.165) is 18.1 Å². The Balaban J connectivity index is 1.73. The Morgan fingerprint density at radius 2 is 1.43 bits per heavy atom. The first-order chi connectivity index (χ1) is 10.3. The van der Waals surface area contributed by atoms with Crippen molar-refractivity contribution >= 4 is 23.5 Å². The first-order valence-electron chi connectivity index (χ1n) is 7.43. The third kappa shape index (κ3) is 5.77. The molecule has 0 spiro atoms. The smallest absolute Gasteiger partial charge is 0.0291 e. The molecule has 0 radical (unpaired) electrons. The highest BCUT2D eigenvalue weighted by molar-refractivity contribution is 8.03. The lowest BCUT2D eigenvalue weighted by molar-refractivity contribution is 0.598. The molecule has 0 saturated carbocycles. The minimum absolute atomic E-state index is 0.433. The molecule has 0 saturated heterocycles. The van der Waals surface area contributed by atoms with E-state index in [1.54, 1.807) is 0 Å². The lowest BCUT2D eigenvalue weighted by atomic mass is 10.1. The molecule has 1 atom stereocenters. The summed E-state index contributed by atoms with van der Waals surface area (Å²) in [5.41, 5.74) is 1.36. The highest BCUT2D eigenvalue weighted by atomic mass is 32.2. The lowest BCUT2D eigenvalue weighted by Crippen LogP contribution is -2.17. The van der Waals surface area contributed by atoms with Gasteiger partial charge in [-0.3, -0.25) is 0 Å². The fourth-order valence-corrected chi connectivity index (χ4v) is 3.93. The van der Waals surface area contributed by atoms with Crippen molar-refractivity contribution in [1.82, 2.24) is 5.32 Å². The summed E-state index contributed by atoms with van der Waals surface area (Å²) in [6, 6.07) is 20.0. The zero-order valence-electron chi connectivity index (χ0n) is 12.7. The van der Waals surface area contributed by atoms with Gasteiger partial charge in [0.05, 0.1) is 0 Å². The van der Waals surface area contributed by atoms with Crippen LogP contribution in [-0.4, -0.2) is 18.1 Å². The SMILES string of the molecule is CCNC(C)c1ccc(SCCSc2ccccc2)cc1. The number of thioether (sulfide) groups is 2. The molecule has 0 heterocycles. The van der Waals surface area contributed by atoms with Gasteiger partial charge in [-0.25, -0.2) is 0 Å². The zero-order chi connectivity index (χ0) is 14.9. The zero-order valence-corrected chi connectivity index (χ0v) is 14.3. The summed E-state index contributed by atoms with van der Waals surface area (Å²) in [5.74, 6) is 2.28. The summed E-state index contributed by atoms with van der Waals surface area (Å²) in [7, 11) is 0. The monoisotopic (exact) mass is 317 g/mol. The Morgan fingerprint density at radius 3 is 2.00 bits per heavy atom. The van der Waals surface area contributed by atoms with E-state index in [0.29, 0.717) is 6.04 Å². The van der Waals surface area contributed by atoms with Crippen LogP contribution in [-0.2, 0) is 0 Å². The molecule has 3 heteroatoms. The first-order valence-corrected chi connectivity index (χ1v) is 9.40. The molecule has 1 nitrogen and oxygen atoms in total. The van der Waals surface area contributed by atoms with E-state index in [1.165, 1.54) is 15.4 Å². The Hall–Kier alpha value is -0.900. The molecule has 0 aliphatic rings. The van der Waals surface area contributed by atoms with Gasteiger partial charge in [-0.1, -0.05) is 37.3 Å². The number of hydrogen-bond acceptors (Lipinski definition) is 3. The van der Waals surface area contributed by atoms with Gasteiger partial charge in [0.25, 0.3) is 0 Å². The number of benzene rings is 2. The third-order valence-corrected chi connectivity index (χ3v) is 5.54. The molecule has 2 aromatic carbocycles. The second kappa shape index (κ2) is 9.19. The summed E-state index contributed by atoms with van der Waals surface area (Å²) in [5, 5.41) is 3.44. The van der Waals surface area contributed by atoms with Crippen LogP contribution >= 0.6 is 23.5 Å². The topological polar surface area (TPSA) is 12.0 Å². The van der Waals surface area contributed by atoms with Crippen molar-refractivity contribution in [3.63, 3.8) is 0 Å². The molecule has 0 bridgehead atoms. The molecule has 2 aromatic rings. The van der Waals surface area contributed by atoms with Gasteiger partial charge in [-0.2, -0.15) is 0 Å². The Labute approximate surface area is 136 Å². The molecule has 0 fully saturated rings. The van der Waals surface area contributed by atoms with Gasteiger partial charge in [0.15, 0.2) is 0 Å². The molecular weight excluding hydrogens is 294 g/mol. The minimum Gasteiger partial charge on any atom is -0.310 e. The van der Waals surface area contributed by atoms with Crippen LogP contribution in [0, 0.1) is 0 Å². The molecule has 0 aliphatic carbocycles. The fourth-order valence-electron chi connectivity index (χ4n) is 2.11. The molecule has 1 N–H and O–H groups in total. The van der Waals surface area contributed by atoms with Crippen molar-refractivity contribution in [2.45, 2.75) is 29.7 Å². The molecule has 1 unspecified atom stereocenters. The largest absolute Gasteiger partial charge is 0.310 e. The summed E-state index contributed by atoms with van der Waals surface area (Å²) in [6.07, 6.45) is 0. The summed E-state index contributed by atoms with van der Waals surface area (Å²) in [4.78, 5) is 2.71.